The Morgan fingerprint density at radius 3 is 2.77 bits per heavy atom. The van der Waals surface area contributed by atoms with Crippen molar-refractivity contribution in [3.63, 3.8) is 0 Å². The summed E-state index contributed by atoms with van der Waals surface area (Å²) in [6.07, 6.45) is 5.33. The zero-order valence-corrected chi connectivity index (χ0v) is 20.2. The van der Waals surface area contributed by atoms with Crippen LogP contribution in [0, 0.1) is 12.3 Å². The summed E-state index contributed by atoms with van der Waals surface area (Å²) in [5.74, 6) is 0.616. The minimum atomic E-state index is -2.61. The van der Waals surface area contributed by atoms with Crippen molar-refractivity contribution in [2.45, 2.75) is 38.3 Å². The Hall–Kier alpha value is -3.28. The second-order valence-electron chi connectivity index (χ2n) is 9.35. The summed E-state index contributed by atoms with van der Waals surface area (Å²) in [7, 11) is 0. The number of alkyl halides is 2. The smallest absolute Gasteiger partial charge is 0.251 e. The number of benzene rings is 1. The second kappa shape index (κ2) is 8.43. The molecule has 35 heavy (non-hydrogen) atoms. The van der Waals surface area contributed by atoms with E-state index in [0.29, 0.717) is 17.6 Å². The van der Waals surface area contributed by atoms with Gasteiger partial charge in [-0.2, -0.15) is 0 Å². The molecule has 5 nitrogen and oxygen atoms in total. The van der Waals surface area contributed by atoms with Crippen molar-refractivity contribution in [3.05, 3.63) is 47.0 Å². The van der Waals surface area contributed by atoms with E-state index in [9.17, 15) is 8.78 Å². The fraction of sp³-hybridized carbons (Fsp3) is 0.333. The average Bonchev–Trinajstić information content (AvgIpc) is 3.13. The molecule has 2 aliphatic heterocycles. The van der Waals surface area contributed by atoms with E-state index in [2.05, 4.69) is 46.7 Å². The lowest BCUT2D eigenvalue weighted by molar-refractivity contribution is -0.0221. The molecule has 2 aliphatic rings. The Kier molecular flexibility index (Phi) is 5.35. The topological polar surface area (TPSA) is 53.1 Å². The van der Waals surface area contributed by atoms with E-state index < -0.39 is 5.92 Å². The summed E-state index contributed by atoms with van der Waals surface area (Å²) in [6.45, 7) is 4.41. The molecule has 0 amide bonds. The molecule has 178 valence electrons. The fourth-order valence-corrected chi connectivity index (χ4v) is 6.03. The second-order valence-corrected chi connectivity index (χ2v) is 10.5. The number of aromatic nitrogens is 2. The zero-order chi connectivity index (χ0) is 24.2. The van der Waals surface area contributed by atoms with Crippen molar-refractivity contribution in [2.24, 2.45) is 0 Å². The number of nitrogens with one attached hydrogen (secondary N) is 2. The van der Waals surface area contributed by atoms with Gasteiger partial charge in [0.15, 0.2) is 0 Å². The van der Waals surface area contributed by atoms with Crippen LogP contribution in [0.15, 0.2) is 36.4 Å². The minimum Gasteiger partial charge on any atom is -0.382 e. The summed E-state index contributed by atoms with van der Waals surface area (Å²) < 4.78 is 28.6. The Morgan fingerprint density at radius 1 is 1.14 bits per heavy atom. The molecule has 1 aromatic carbocycles. The predicted octanol–water partition coefficient (Wildman–Crippen LogP) is 5.63. The van der Waals surface area contributed by atoms with Crippen molar-refractivity contribution in [2.75, 3.05) is 29.9 Å². The van der Waals surface area contributed by atoms with Gasteiger partial charge in [-0.05, 0) is 43.3 Å². The number of piperidine rings is 1. The lowest BCUT2D eigenvalue weighted by Crippen LogP contribution is -2.39. The predicted molar refractivity (Wildman–Crippen MR) is 139 cm³/mol. The van der Waals surface area contributed by atoms with Crippen LogP contribution in [0.2, 0.25) is 0 Å². The van der Waals surface area contributed by atoms with Gasteiger partial charge in [0, 0.05) is 71.0 Å². The number of nitrogens with zero attached hydrogens (tertiary/aromatic N) is 3. The van der Waals surface area contributed by atoms with Crippen molar-refractivity contribution >= 4 is 43.8 Å². The first kappa shape index (κ1) is 22.2. The van der Waals surface area contributed by atoms with Crippen LogP contribution in [-0.2, 0) is 6.54 Å². The third-order valence-corrected chi connectivity index (χ3v) is 8.02. The van der Waals surface area contributed by atoms with Crippen molar-refractivity contribution < 1.29 is 8.78 Å². The van der Waals surface area contributed by atoms with E-state index in [4.69, 9.17) is 11.4 Å². The average molecular weight is 490 g/mol. The monoisotopic (exact) mass is 489 g/mol. The highest BCUT2D eigenvalue weighted by Gasteiger charge is 2.34. The standard InChI is InChI=1S/C27H25F2N5S/c1-3-18-12-17(13-24(32-18)34-10-8-27(28,29)9-11-34)20-5-4-19-21(33-20)6-7-22-25(19)26-23(35-22)15-30-16(2)14-31-26/h1,4-7,12-13,16,30-31H,8-11,14-15H2,2H3/t16-/m1/s1. The number of terminal acetylenes is 1. The molecular weight excluding hydrogens is 464 g/mol. The lowest BCUT2D eigenvalue weighted by Gasteiger charge is -2.32. The Labute approximate surface area is 206 Å². The van der Waals surface area contributed by atoms with Gasteiger partial charge in [-0.25, -0.2) is 18.7 Å². The quantitative estimate of drug-likeness (QED) is 0.358. The van der Waals surface area contributed by atoms with E-state index in [1.165, 1.54) is 20.7 Å². The van der Waals surface area contributed by atoms with Gasteiger partial charge in [-0.1, -0.05) is 5.92 Å². The van der Waals surface area contributed by atoms with Gasteiger partial charge in [0.1, 0.15) is 11.5 Å². The van der Waals surface area contributed by atoms with E-state index in [1.54, 1.807) is 0 Å². The minimum absolute atomic E-state index is 0.179. The molecule has 0 radical (unpaired) electrons. The third kappa shape index (κ3) is 4.09. The molecule has 4 aromatic rings. The number of hydrogen-bond acceptors (Lipinski definition) is 6. The molecular formula is C27H25F2N5S. The first-order valence-corrected chi connectivity index (χ1v) is 12.7. The van der Waals surface area contributed by atoms with Crippen LogP contribution < -0.4 is 15.5 Å². The summed E-state index contributed by atoms with van der Waals surface area (Å²) in [5, 5.41) is 9.51. The molecule has 2 N–H and O–H groups in total. The molecule has 5 heterocycles. The van der Waals surface area contributed by atoms with Crippen molar-refractivity contribution in [1.82, 2.24) is 15.3 Å². The maximum Gasteiger partial charge on any atom is 0.251 e. The van der Waals surface area contributed by atoms with Crippen LogP contribution in [0.1, 0.15) is 30.3 Å². The maximum absolute atomic E-state index is 13.7. The SMILES string of the molecule is C#Cc1cc(-c2ccc3c(ccc4sc5c(c43)NC[C@@H](C)NC5)n2)cc(N2CCC(F)(F)CC2)n1. The maximum atomic E-state index is 13.7. The normalized spacial score (nSPS) is 19.7. The van der Waals surface area contributed by atoms with E-state index in [-0.39, 0.29) is 25.9 Å². The molecule has 3 aromatic heterocycles. The molecule has 1 fully saturated rings. The highest BCUT2D eigenvalue weighted by atomic mass is 32.1. The van der Waals surface area contributed by atoms with E-state index in [1.807, 2.05) is 34.4 Å². The summed E-state index contributed by atoms with van der Waals surface area (Å²) in [5.41, 5.74) is 4.19. The molecule has 0 unspecified atom stereocenters. The van der Waals surface area contributed by atoms with Crippen LogP contribution >= 0.6 is 11.3 Å². The summed E-state index contributed by atoms with van der Waals surface area (Å²) in [4.78, 5) is 12.7. The van der Waals surface area contributed by atoms with E-state index in [0.717, 1.165) is 35.2 Å². The first-order chi connectivity index (χ1) is 16.9. The highest BCUT2D eigenvalue weighted by molar-refractivity contribution is 7.20. The van der Waals surface area contributed by atoms with Crippen LogP contribution in [0.25, 0.3) is 32.2 Å². The number of halogens is 2. The summed E-state index contributed by atoms with van der Waals surface area (Å²) in [6, 6.07) is 12.5. The van der Waals surface area contributed by atoms with E-state index >= 15 is 0 Å². The van der Waals surface area contributed by atoms with Crippen molar-refractivity contribution in [1.29, 1.82) is 0 Å². The number of thiophene rings is 1. The van der Waals surface area contributed by atoms with Gasteiger partial charge >= 0.3 is 0 Å². The molecule has 6 rings (SSSR count). The largest absolute Gasteiger partial charge is 0.382 e. The number of anilines is 2. The molecule has 0 aliphatic carbocycles. The Morgan fingerprint density at radius 2 is 1.97 bits per heavy atom. The van der Waals surface area contributed by atoms with Crippen LogP contribution in [-0.4, -0.2) is 41.6 Å². The van der Waals surface area contributed by atoms with Crippen molar-refractivity contribution in [3.8, 4) is 23.6 Å². The first-order valence-electron chi connectivity index (χ1n) is 11.8. The molecule has 0 saturated carbocycles. The van der Waals surface area contributed by atoms with Crippen LogP contribution in [0.5, 0.6) is 0 Å². The zero-order valence-electron chi connectivity index (χ0n) is 19.4. The lowest BCUT2D eigenvalue weighted by atomic mass is 10.0. The van der Waals surface area contributed by atoms with Gasteiger partial charge in [0.05, 0.1) is 16.9 Å². The molecule has 1 atom stereocenters. The number of hydrogen-bond donors (Lipinski definition) is 2. The highest BCUT2D eigenvalue weighted by Crippen LogP contribution is 2.41. The Bertz CT molecular complexity index is 1480. The fourth-order valence-electron chi connectivity index (χ4n) is 4.88. The summed E-state index contributed by atoms with van der Waals surface area (Å²) >= 11 is 1.81. The third-order valence-electron chi connectivity index (χ3n) is 6.87. The molecule has 8 heteroatoms. The molecule has 0 spiro atoms. The van der Waals surface area contributed by atoms with Gasteiger partial charge in [-0.3, -0.25) is 0 Å². The van der Waals surface area contributed by atoms with Gasteiger partial charge in [-0.15, -0.1) is 17.8 Å². The van der Waals surface area contributed by atoms with Gasteiger partial charge in [0.25, 0.3) is 5.92 Å². The number of rotatable bonds is 2. The molecule has 1 saturated heterocycles. The molecule has 0 bridgehead atoms. The van der Waals surface area contributed by atoms with Crippen LogP contribution in [0.4, 0.5) is 20.3 Å². The number of pyridine rings is 2. The Balaban J connectivity index is 1.41. The van der Waals surface area contributed by atoms with Gasteiger partial charge in [0.2, 0.25) is 0 Å². The van der Waals surface area contributed by atoms with Gasteiger partial charge < -0.3 is 15.5 Å². The van der Waals surface area contributed by atoms with Crippen LogP contribution in [0.3, 0.4) is 0 Å². The number of fused-ring (bicyclic) bond motifs is 5.